The van der Waals surface area contributed by atoms with Crippen molar-refractivity contribution in [2.24, 2.45) is 0 Å². The second-order valence-corrected chi connectivity index (χ2v) is 6.72. The van der Waals surface area contributed by atoms with Crippen molar-refractivity contribution in [3.05, 3.63) is 17.0 Å². The van der Waals surface area contributed by atoms with Gasteiger partial charge in [-0.15, -0.1) is 11.3 Å². The van der Waals surface area contributed by atoms with Gasteiger partial charge in [0, 0.05) is 19.1 Å². The summed E-state index contributed by atoms with van der Waals surface area (Å²) in [5.41, 5.74) is 1.01. The van der Waals surface area contributed by atoms with Gasteiger partial charge < -0.3 is 5.32 Å². The highest BCUT2D eigenvalue weighted by atomic mass is 32.2. The molecule has 0 spiro atoms. The molecule has 1 aromatic heterocycles. The third-order valence-electron chi connectivity index (χ3n) is 1.94. The van der Waals surface area contributed by atoms with Gasteiger partial charge in [-0.3, -0.25) is 0 Å². The maximum absolute atomic E-state index is 11.7. The molecule has 0 unspecified atom stereocenters. The molecule has 0 amide bonds. The Morgan fingerprint density at radius 2 is 2.12 bits per heavy atom. The highest BCUT2D eigenvalue weighted by Gasteiger charge is 2.15. The van der Waals surface area contributed by atoms with E-state index in [0.29, 0.717) is 23.3 Å². The van der Waals surface area contributed by atoms with Crippen LogP contribution in [0.25, 0.3) is 0 Å². The first-order chi connectivity index (χ1) is 7.45. The first-order valence-corrected chi connectivity index (χ1v) is 7.62. The number of sulfonamides is 1. The predicted molar refractivity (Wildman–Crippen MR) is 67.2 cm³/mol. The number of thiophene rings is 1. The highest BCUT2D eigenvalue weighted by Crippen LogP contribution is 2.19. The number of hydrogen-bond acceptors (Lipinski definition) is 4. The van der Waals surface area contributed by atoms with Crippen LogP contribution in [0.1, 0.15) is 26.3 Å². The first kappa shape index (κ1) is 13.6. The predicted octanol–water partition coefficient (Wildman–Crippen LogP) is 1.54. The molecule has 4 nitrogen and oxygen atoms in total. The Hall–Kier alpha value is -0.430. The van der Waals surface area contributed by atoms with Gasteiger partial charge in [0.1, 0.15) is 4.21 Å². The highest BCUT2D eigenvalue weighted by molar-refractivity contribution is 7.91. The third-order valence-corrected chi connectivity index (χ3v) is 4.98. The van der Waals surface area contributed by atoms with E-state index < -0.39 is 10.0 Å². The van der Waals surface area contributed by atoms with E-state index in [0.717, 1.165) is 5.56 Å². The zero-order valence-electron chi connectivity index (χ0n) is 9.78. The number of hydrogen-bond donors (Lipinski definition) is 2. The largest absolute Gasteiger partial charge is 0.310 e. The lowest BCUT2D eigenvalue weighted by atomic mass is 10.3. The van der Waals surface area contributed by atoms with Crippen LogP contribution >= 0.6 is 11.3 Å². The smallest absolute Gasteiger partial charge is 0.250 e. The van der Waals surface area contributed by atoms with E-state index >= 15 is 0 Å². The zero-order valence-corrected chi connectivity index (χ0v) is 11.4. The van der Waals surface area contributed by atoms with E-state index in [2.05, 4.69) is 23.9 Å². The van der Waals surface area contributed by atoms with E-state index in [1.54, 1.807) is 13.0 Å². The van der Waals surface area contributed by atoms with Crippen LogP contribution in [0.2, 0.25) is 0 Å². The fourth-order valence-corrected chi connectivity index (χ4v) is 3.46. The molecule has 0 aliphatic rings. The molecule has 0 saturated heterocycles. The maximum atomic E-state index is 11.7. The minimum absolute atomic E-state index is 0.384. The minimum Gasteiger partial charge on any atom is -0.310 e. The molecule has 0 fully saturated rings. The SMILES string of the molecule is CCNS(=O)(=O)c1cc(CNC(C)C)cs1. The number of nitrogens with one attached hydrogen (secondary N) is 2. The van der Waals surface area contributed by atoms with E-state index in [1.807, 2.05) is 5.38 Å². The molecule has 16 heavy (non-hydrogen) atoms. The lowest BCUT2D eigenvalue weighted by Gasteiger charge is -2.05. The summed E-state index contributed by atoms with van der Waals surface area (Å²) in [6.07, 6.45) is 0. The Balaban J connectivity index is 2.71. The van der Waals surface area contributed by atoms with Gasteiger partial charge in [0.05, 0.1) is 0 Å². The topological polar surface area (TPSA) is 58.2 Å². The molecule has 1 heterocycles. The summed E-state index contributed by atoms with van der Waals surface area (Å²) in [4.78, 5) is 0. The van der Waals surface area contributed by atoms with Crippen LogP contribution < -0.4 is 10.0 Å². The third kappa shape index (κ3) is 3.86. The molecule has 0 bridgehead atoms. The lowest BCUT2D eigenvalue weighted by Crippen LogP contribution is -2.22. The number of rotatable bonds is 6. The molecule has 1 rings (SSSR count). The standard InChI is InChI=1S/C10H18N2O2S2/c1-4-12-16(13,14)10-5-9(7-15-10)6-11-8(2)3/h5,7-8,11-12H,4,6H2,1-3H3. The summed E-state index contributed by atoms with van der Waals surface area (Å²) in [6, 6.07) is 2.12. The van der Waals surface area contributed by atoms with Gasteiger partial charge in [0.25, 0.3) is 0 Å². The Kier molecular flexibility index (Phi) is 4.91. The Bertz CT molecular complexity index is 424. The molecule has 0 aromatic carbocycles. The maximum Gasteiger partial charge on any atom is 0.250 e. The molecule has 2 N–H and O–H groups in total. The van der Waals surface area contributed by atoms with Crippen LogP contribution in [0.5, 0.6) is 0 Å². The molecular weight excluding hydrogens is 244 g/mol. The van der Waals surface area contributed by atoms with Crippen molar-refractivity contribution >= 4 is 21.4 Å². The van der Waals surface area contributed by atoms with Crippen molar-refractivity contribution in [2.45, 2.75) is 37.6 Å². The summed E-state index contributed by atoms with van der Waals surface area (Å²) in [5.74, 6) is 0. The molecule has 0 aliphatic heterocycles. The van der Waals surface area contributed by atoms with E-state index in [-0.39, 0.29) is 0 Å². The van der Waals surface area contributed by atoms with Crippen molar-refractivity contribution < 1.29 is 8.42 Å². The van der Waals surface area contributed by atoms with Gasteiger partial charge >= 0.3 is 0 Å². The van der Waals surface area contributed by atoms with Crippen LogP contribution in [0.3, 0.4) is 0 Å². The minimum atomic E-state index is -3.29. The van der Waals surface area contributed by atoms with Gasteiger partial charge in [0.15, 0.2) is 0 Å². The fourth-order valence-electron chi connectivity index (χ4n) is 1.17. The molecular formula is C10H18N2O2S2. The second kappa shape index (κ2) is 5.77. The summed E-state index contributed by atoms with van der Waals surface area (Å²) in [6.45, 7) is 7.01. The van der Waals surface area contributed by atoms with Crippen molar-refractivity contribution in [1.82, 2.24) is 10.0 Å². The Labute approximate surface area is 101 Å². The molecule has 92 valence electrons. The Morgan fingerprint density at radius 1 is 1.44 bits per heavy atom. The molecule has 0 radical (unpaired) electrons. The monoisotopic (exact) mass is 262 g/mol. The quantitative estimate of drug-likeness (QED) is 0.817. The van der Waals surface area contributed by atoms with Crippen molar-refractivity contribution in [1.29, 1.82) is 0 Å². The van der Waals surface area contributed by atoms with Crippen molar-refractivity contribution in [2.75, 3.05) is 6.54 Å². The van der Waals surface area contributed by atoms with Gasteiger partial charge in [-0.1, -0.05) is 20.8 Å². The van der Waals surface area contributed by atoms with Crippen LogP contribution in [-0.2, 0) is 16.6 Å². The van der Waals surface area contributed by atoms with Crippen LogP contribution in [0.4, 0.5) is 0 Å². The average Bonchev–Trinajstić information content (AvgIpc) is 2.63. The Morgan fingerprint density at radius 3 is 2.69 bits per heavy atom. The molecule has 6 heteroatoms. The fraction of sp³-hybridized carbons (Fsp3) is 0.600. The molecule has 0 atom stereocenters. The van der Waals surface area contributed by atoms with E-state index in [1.165, 1.54) is 11.3 Å². The molecule has 0 aliphatic carbocycles. The van der Waals surface area contributed by atoms with Crippen molar-refractivity contribution in [3.63, 3.8) is 0 Å². The summed E-state index contributed by atoms with van der Waals surface area (Å²) < 4.78 is 26.2. The van der Waals surface area contributed by atoms with E-state index in [4.69, 9.17) is 0 Å². The van der Waals surface area contributed by atoms with Crippen LogP contribution in [0.15, 0.2) is 15.7 Å². The normalized spacial score (nSPS) is 12.2. The second-order valence-electron chi connectivity index (χ2n) is 3.81. The van der Waals surface area contributed by atoms with Gasteiger partial charge in [-0.2, -0.15) is 0 Å². The zero-order chi connectivity index (χ0) is 12.2. The van der Waals surface area contributed by atoms with Gasteiger partial charge in [-0.05, 0) is 17.0 Å². The van der Waals surface area contributed by atoms with Crippen molar-refractivity contribution in [3.8, 4) is 0 Å². The van der Waals surface area contributed by atoms with Gasteiger partial charge in [-0.25, -0.2) is 13.1 Å². The van der Waals surface area contributed by atoms with Crippen LogP contribution in [0, 0.1) is 0 Å². The van der Waals surface area contributed by atoms with Gasteiger partial charge in [0.2, 0.25) is 10.0 Å². The summed E-state index contributed by atoms with van der Waals surface area (Å²) >= 11 is 1.26. The summed E-state index contributed by atoms with van der Waals surface area (Å²) in [7, 11) is -3.29. The molecule has 1 aromatic rings. The summed E-state index contributed by atoms with van der Waals surface area (Å²) in [5, 5.41) is 5.12. The van der Waals surface area contributed by atoms with E-state index in [9.17, 15) is 8.42 Å². The average molecular weight is 262 g/mol. The molecule has 0 saturated carbocycles. The van der Waals surface area contributed by atoms with Crippen LogP contribution in [-0.4, -0.2) is 21.0 Å². The first-order valence-electron chi connectivity index (χ1n) is 5.26. The lowest BCUT2D eigenvalue weighted by molar-refractivity contribution is 0.584.